The highest BCUT2D eigenvalue weighted by molar-refractivity contribution is 7.07. The topological polar surface area (TPSA) is 90.2 Å². The van der Waals surface area contributed by atoms with Gasteiger partial charge in [-0.1, -0.05) is 18.6 Å². The molecule has 7 nitrogen and oxygen atoms in total. The largest absolute Gasteiger partial charge is 0.360 e. The molecule has 1 aliphatic heterocycles. The number of alkyl halides is 2. The molecule has 34 heavy (non-hydrogen) atoms. The smallest absolute Gasteiger partial charge is 0.270 e. The number of aromatic nitrogens is 1. The second-order valence-electron chi connectivity index (χ2n) is 8.05. The van der Waals surface area contributed by atoms with E-state index < -0.39 is 18.9 Å². The van der Waals surface area contributed by atoms with Crippen LogP contribution in [0, 0.1) is 11.3 Å². The zero-order chi connectivity index (χ0) is 24.5. The van der Waals surface area contributed by atoms with Crippen molar-refractivity contribution in [2.45, 2.75) is 45.6 Å². The van der Waals surface area contributed by atoms with Gasteiger partial charge in [0.25, 0.3) is 17.9 Å². The normalized spacial score (nSPS) is 15.8. The average molecular weight is 490 g/mol. The van der Waals surface area contributed by atoms with E-state index in [2.05, 4.69) is 16.3 Å². The number of anilines is 1. The van der Waals surface area contributed by atoms with Gasteiger partial charge in [0.1, 0.15) is 15.3 Å². The molecule has 182 valence electrons. The predicted octanol–water partition coefficient (Wildman–Crippen LogP) is 1.86. The summed E-state index contributed by atoms with van der Waals surface area (Å²) in [5.41, 5.74) is 1.31. The van der Waals surface area contributed by atoms with E-state index in [1.165, 1.54) is 29.4 Å². The van der Waals surface area contributed by atoms with Crippen molar-refractivity contribution < 1.29 is 13.6 Å². The Hall–Kier alpha value is -3.03. The van der Waals surface area contributed by atoms with Crippen LogP contribution in [0.1, 0.15) is 31.7 Å². The van der Waals surface area contributed by atoms with Crippen molar-refractivity contribution in [1.82, 2.24) is 14.8 Å². The Bertz CT molecular complexity index is 1210. The lowest BCUT2D eigenvalue weighted by molar-refractivity contribution is -0.116. The van der Waals surface area contributed by atoms with Crippen molar-refractivity contribution in [2.75, 3.05) is 31.5 Å². The summed E-state index contributed by atoms with van der Waals surface area (Å²) in [6.45, 7) is 4.41. The lowest BCUT2D eigenvalue weighted by Crippen LogP contribution is -2.35. The molecule has 1 aromatic heterocycles. The molecule has 0 aliphatic carbocycles. The van der Waals surface area contributed by atoms with E-state index in [9.17, 15) is 23.6 Å². The second kappa shape index (κ2) is 12.4. The van der Waals surface area contributed by atoms with Crippen LogP contribution >= 0.6 is 11.3 Å². The number of nitrogens with one attached hydrogen (secondary N) is 2. The number of carbonyl (C=O) groups excluding carboxylic acids is 1. The monoisotopic (exact) mass is 489 g/mol. The van der Waals surface area contributed by atoms with E-state index in [1.54, 1.807) is 19.2 Å². The van der Waals surface area contributed by atoms with Crippen LogP contribution in [0.2, 0.25) is 0 Å². The lowest BCUT2D eigenvalue weighted by atomic mass is 10.1. The van der Waals surface area contributed by atoms with Crippen molar-refractivity contribution in [3.05, 3.63) is 49.4 Å². The molecule has 3 rings (SSSR count). The Kier molecular flexibility index (Phi) is 9.36. The van der Waals surface area contributed by atoms with Gasteiger partial charge in [0.05, 0.1) is 6.54 Å². The van der Waals surface area contributed by atoms with Gasteiger partial charge in [0.2, 0.25) is 0 Å². The van der Waals surface area contributed by atoms with E-state index in [0.29, 0.717) is 4.53 Å². The number of nitrogens with zero attached hydrogens (tertiary/aromatic N) is 3. The summed E-state index contributed by atoms with van der Waals surface area (Å²) in [4.78, 5) is 27.5. The molecule has 1 amide bonds. The number of carbonyl (C=O) groups is 1. The van der Waals surface area contributed by atoms with Crippen LogP contribution < -0.4 is 25.4 Å². The molecule has 1 fully saturated rings. The van der Waals surface area contributed by atoms with Gasteiger partial charge in [-0.3, -0.25) is 14.2 Å². The fourth-order valence-corrected chi connectivity index (χ4v) is 4.97. The molecule has 1 aromatic carbocycles. The SMILES string of the molecule is CCn1c(=C(C#N)C(=O)NCC(F)F)sc(=CNc2cccc(CCN3CCCCC3)c2)c1=O. The molecule has 1 aliphatic rings. The number of benzene rings is 1. The van der Waals surface area contributed by atoms with Crippen LogP contribution in [0.15, 0.2) is 29.1 Å². The van der Waals surface area contributed by atoms with Gasteiger partial charge in [0.15, 0.2) is 5.57 Å². The van der Waals surface area contributed by atoms with Crippen molar-refractivity contribution in [2.24, 2.45) is 0 Å². The van der Waals surface area contributed by atoms with Crippen LogP contribution in [0.4, 0.5) is 14.5 Å². The van der Waals surface area contributed by atoms with Crippen LogP contribution in [-0.2, 0) is 17.8 Å². The summed E-state index contributed by atoms with van der Waals surface area (Å²) in [5.74, 6) is -0.924. The first-order valence-corrected chi connectivity index (χ1v) is 12.2. The Labute approximate surface area is 201 Å². The number of hydrogen-bond donors (Lipinski definition) is 2. The number of nitriles is 1. The number of thiazole rings is 1. The Morgan fingerprint density at radius 1 is 1.29 bits per heavy atom. The third-order valence-electron chi connectivity index (χ3n) is 5.66. The zero-order valence-electron chi connectivity index (χ0n) is 19.2. The summed E-state index contributed by atoms with van der Waals surface area (Å²) in [5, 5.41) is 14.6. The predicted molar refractivity (Wildman–Crippen MR) is 130 cm³/mol. The molecule has 0 unspecified atom stereocenters. The maximum absolute atomic E-state index is 12.8. The first-order chi connectivity index (χ1) is 16.4. The van der Waals surface area contributed by atoms with Crippen molar-refractivity contribution >= 4 is 34.7 Å². The number of amides is 1. The van der Waals surface area contributed by atoms with Gasteiger partial charge in [0, 0.05) is 25.0 Å². The molecule has 0 bridgehead atoms. The van der Waals surface area contributed by atoms with Crippen molar-refractivity contribution in [1.29, 1.82) is 5.26 Å². The second-order valence-corrected chi connectivity index (χ2v) is 9.08. The van der Waals surface area contributed by atoms with E-state index in [-0.39, 0.29) is 22.3 Å². The van der Waals surface area contributed by atoms with E-state index in [0.717, 1.165) is 43.1 Å². The lowest BCUT2D eigenvalue weighted by Gasteiger charge is -2.26. The minimum Gasteiger partial charge on any atom is -0.360 e. The third-order valence-corrected chi connectivity index (χ3v) is 6.79. The van der Waals surface area contributed by atoms with Gasteiger partial charge in [-0.25, -0.2) is 8.78 Å². The molecular weight excluding hydrogens is 460 g/mol. The summed E-state index contributed by atoms with van der Waals surface area (Å²) >= 11 is 0.976. The molecule has 2 N–H and O–H groups in total. The summed E-state index contributed by atoms with van der Waals surface area (Å²) in [6, 6.07) is 9.73. The highest BCUT2D eigenvalue weighted by atomic mass is 32.1. The highest BCUT2D eigenvalue weighted by Crippen LogP contribution is 2.14. The van der Waals surface area contributed by atoms with Gasteiger partial charge in [-0.15, -0.1) is 11.3 Å². The van der Waals surface area contributed by atoms with Gasteiger partial charge < -0.3 is 15.5 Å². The number of halogens is 2. The third kappa shape index (κ3) is 6.74. The molecule has 0 spiro atoms. The molecule has 0 saturated carbocycles. The first-order valence-electron chi connectivity index (χ1n) is 11.4. The minimum absolute atomic E-state index is 0.144. The fraction of sp³-hybridized carbons (Fsp3) is 0.458. The van der Waals surface area contributed by atoms with Crippen LogP contribution in [0.25, 0.3) is 11.8 Å². The molecule has 1 saturated heterocycles. The zero-order valence-corrected chi connectivity index (χ0v) is 20.0. The number of piperidine rings is 1. The quantitative estimate of drug-likeness (QED) is 0.561. The van der Waals surface area contributed by atoms with E-state index in [1.807, 2.05) is 23.5 Å². The van der Waals surface area contributed by atoms with Crippen molar-refractivity contribution in [3.63, 3.8) is 0 Å². The number of rotatable bonds is 9. The Balaban J connectivity index is 1.81. The first kappa shape index (κ1) is 25.6. The van der Waals surface area contributed by atoms with Crippen LogP contribution in [0.3, 0.4) is 0 Å². The summed E-state index contributed by atoms with van der Waals surface area (Å²) in [6.07, 6.45) is 3.59. The van der Waals surface area contributed by atoms with Gasteiger partial charge in [-0.2, -0.15) is 5.26 Å². The Morgan fingerprint density at radius 3 is 2.74 bits per heavy atom. The van der Waals surface area contributed by atoms with Gasteiger partial charge in [-0.05, 0) is 57.0 Å². The molecule has 2 heterocycles. The summed E-state index contributed by atoms with van der Waals surface area (Å²) in [7, 11) is 0. The van der Waals surface area contributed by atoms with Crippen molar-refractivity contribution in [3.8, 4) is 6.07 Å². The fourth-order valence-electron chi connectivity index (χ4n) is 3.88. The maximum Gasteiger partial charge on any atom is 0.270 e. The minimum atomic E-state index is -2.73. The average Bonchev–Trinajstić information content (AvgIpc) is 3.16. The molecule has 0 radical (unpaired) electrons. The molecule has 2 aromatic rings. The molecule has 10 heteroatoms. The number of hydrogen-bond acceptors (Lipinski definition) is 6. The van der Waals surface area contributed by atoms with Crippen LogP contribution in [0.5, 0.6) is 0 Å². The van der Waals surface area contributed by atoms with Gasteiger partial charge >= 0.3 is 0 Å². The van der Waals surface area contributed by atoms with Crippen LogP contribution in [-0.4, -0.2) is 48.0 Å². The van der Waals surface area contributed by atoms with E-state index in [4.69, 9.17) is 0 Å². The number of likely N-dealkylation sites (tertiary alicyclic amines) is 1. The highest BCUT2D eigenvalue weighted by Gasteiger charge is 2.16. The summed E-state index contributed by atoms with van der Waals surface area (Å²) < 4.78 is 26.6. The standard InChI is InChI=1S/C24H29F2N5O2S/c1-2-31-23(33)20(34-24(31)19(14-27)22(32)29-16-21(25)26)15-28-18-8-6-7-17(13-18)9-12-30-10-4-3-5-11-30/h6-8,13,15,21,28H,2-5,9-12,16H2,1H3,(H,29,32). The Morgan fingerprint density at radius 2 is 2.06 bits per heavy atom. The van der Waals surface area contributed by atoms with E-state index >= 15 is 0 Å². The molecule has 0 atom stereocenters. The molecular formula is C24H29F2N5O2S. The maximum atomic E-state index is 12.8.